The van der Waals surface area contributed by atoms with Gasteiger partial charge in [-0.05, 0) is 92.6 Å². The first-order valence-electron chi connectivity index (χ1n) is 15.9. The molecule has 0 saturated carbocycles. The van der Waals surface area contributed by atoms with Crippen LogP contribution in [0.4, 0.5) is 38.1 Å². The van der Waals surface area contributed by atoms with E-state index in [0.717, 1.165) is 21.8 Å². The van der Waals surface area contributed by atoms with Gasteiger partial charge in [0, 0.05) is 41.6 Å². The van der Waals surface area contributed by atoms with Crippen molar-refractivity contribution in [1.29, 1.82) is 0 Å². The second kappa shape index (κ2) is 16.1. The molecule has 0 aliphatic carbocycles. The average Bonchev–Trinajstić information content (AvgIpc) is 3.60. The van der Waals surface area contributed by atoms with Crippen LogP contribution in [0, 0.1) is 18.6 Å². The summed E-state index contributed by atoms with van der Waals surface area (Å²) in [7, 11) is -2.64. The van der Waals surface area contributed by atoms with Crippen LogP contribution in [0.2, 0.25) is 0 Å². The Balaban J connectivity index is 0.000000815. The van der Waals surface area contributed by atoms with E-state index in [-0.39, 0.29) is 28.3 Å². The lowest BCUT2D eigenvalue weighted by atomic mass is 9.98. The van der Waals surface area contributed by atoms with Gasteiger partial charge in [-0.15, -0.1) is 0 Å². The van der Waals surface area contributed by atoms with Gasteiger partial charge in [-0.3, -0.25) is 20.1 Å². The number of anilines is 2. The molecule has 1 fully saturated rings. The highest BCUT2D eigenvalue weighted by molar-refractivity contribution is 7.92. The molecule has 2 heterocycles. The number of rotatable bonds is 8. The first-order valence-corrected chi connectivity index (χ1v) is 17.5. The zero-order chi connectivity index (χ0) is 39.4. The Kier molecular flexibility index (Phi) is 12.3. The number of benzene rings is 3. The van der Waals surface area contributed by atoms with Crippen LogP contribution in [0.15, 0.2) is 71.9 Å². The first kappa shape index (κ1) is 40.4. The number of aliphatic carboxylic acids is 1. The number of carbonyl (C=O) groups is 3. The van der Waals surface area contributed by atoms with Gasteiger partial charge in [-0.1, -0.05) is 6.07 Å². The minimum absolute atomic E-state index is 0.00992. The minimum atomic E-state index is -5.08. The number of alkyl halides is 3. The summed E-state index contributed by atoms with van der Waals surface area (Å²) < 4.78 is 93.4. The number of methoxy groups -OCH3 is 1. The van der Waals surface area contributed by atoms with E-state index < -0.39 is 63.0 Å². The molecule has 12 nitrogen and oxygen atoms in total. The molecule has 5 rings (SSSR count). The molecule has 0 spiro atoms. The van der Waals surface area contributed by atoms with E-state index in [1.165, 1.54) is 43.2 Å². The van der Waals surface area contributed by atoms with Gasteiger partial charge in [0.25, 0.3) is 5.91 Å². The summed E-state index contributed by atoms with van der Waals surface area (Å²) in [5, 5.41) is 11.7. The van der Waals surface area contributed by atoms with Crippen LogP contribution in [-0.2, 0) is 24.2 Å². The predicted octanol–water partition coefficient (Wildman–Crippen LogP) is 6.60. The Hall–Kier alpha value is -5.36. The largest absolute Gasteiger partial charge is 0.490 e. The zero-order valence-electron chi connectivity index (χ0n) is 28.8. The van der Waals surface area contributed by atoms with Gasteiger partial charge in [-0.25, -0.2) is 32.6 Å². The van der Waals surface area contributed by atoms with E-state index in [9.17, 15) is 35.6 Å². The van der Waals surface area contributed by atoms with Gasteiger partial charge in [-0.2, -0.15) is 13.2 Å². The molecule has 0 radical (unpaired) electrons. The Labute approximate surface area is 301 Å². The lowest BCUT2D eigenvalue weighted by molar-refractivity contribution is -0.192. The number of likely N-dealkylation sites (tertiary alicyclic amines) is 1. The third-order valence-corrected chi connectivity index (χ3v) is 10.7. The SMILES string of the molecule is COC(=O)Nc1ccc(S(=O)(=O)C(C)C)c([C@H]2CCCN2C(=O)[C@H](c2cc(C)c(F)cc2F)N(N)c2ccc3cnccc3c2)c1.O=C(O)C(F)(F)F. The van der Waals surface area contributed by atoms with Gasteiger partial charge < -0.3 is 14.7 Å². The fourth-order valence-corrected chi connectivity index (χ4v) is 7.04. The lowest BCUT2D eigenvalue weighted by Gasteiger charge is -2.35. The van der Waals surface area contributed by atoms with Crippen LogP contribution in [0.25, 0.3) is 10.8 Å². The minimum Gasteiger partial charge on any atom is -0.475 e. The van der Waals surface area contributed by atoms with Gasteiger partial charge in [0.2, 0.25) is 0 Å². The van der Waals surface area contributed by atoms with Crippen LogP contribution in [0.5, 0.6) is 0 Å². The molecule has 4 aromatic rings. The Morgan fingerprint density at radius 3 is 2.34 bits per heavy atom. The number of hydrogen-bond acceptors (Lipinski definition) is 9. The third-order valence-electron chi connectivity index (χ3n) is 8.51. The molecule has 284 valence electrons. The molecule has 1 aromatic heterocycles. The molecule has 4 N–H and O–H groups in total. The maximum atomic E-state index is 15.6. The van der Waals surface area contributed by atoms with Crippen molar-refractivity contribution in [3.05, 3.63) is 95.3 Å². The van der Waals surface area contributed by atoms with Gasteiger partial charge >= 0.3 is 18.2 Å². The number of aromatic nitrogens is 1. The quantitative estimate of drug-likeness (QED) is 0.101. The Morgan fingerprint density at radius 1 is 1.04 bits per heavy atom. The maximum absolute atomic E-state index is 15.6. The molecule has 2 atom stereocenters. The van der Waals surface area contributed by atoms with Crippen molar-refractivity contribution >= 4 is 50.0 Å². The molecule has 1 saturated heterocycles. The average molecular weight is 766 g/mol. The number of fused-ring (bicyclic) bond motifs is 1. The summed E-state index contributed by atoms with van der Waals surface area (Å²) >= 11 is 0. The molecule has 53 heavy (non-hydrogen) atoms. The summed E-state index contributed by atoms with van der Waals surface area (Å²) in [5.74, 6) is 1.57. The highest BCUT2D eigenvalue weighted by Crippen LogP contribution is 2.41. The number of ether oxygens (including phenoxy) is 1. The van der Waals surface area contributed by atoms with Gasteiger partial charge in [0.15, 0.2) is 15.9 Å². The van der Waals surface area contributed by atoms with Crippen LogP contribution in [0.1, 0.15) is 55.5 Å². The number of nitrogens with two attached hydrogens (primary N) is 1. The monoisotopic (exact) mass is 765 g/mol. The fourth-order valence-electron chi connectivity index (χ4n) is 5.75. The molecule has 0 unspecified atom stereocenters. The number of pyridine rings is 1. The maximum Gasteiger partial charge on any atom is 0.490 e. The number of nitrogens with one attached hydrogen (secondary N) is 1. The van der Waals surface area contributed by atoms with Crippen molar-refractivity contribution in [2.24, 2.45) is 5.84 Å². The Morgan fingerprint density at radius 2 is 1.72 bits per heavy atom. The topological polar surface area (TPSA) is 172 Å². The Bertz CT molecular complexity index is 2130. The zero-order valence-corrected chi connectivity index (χ0v) is 29.6. The van der Waals surface area contributed by atoms with Crippen molar-refractivity contribution in [2.45, 2.75) is 62.0 Å². The first-order chi connectivity index (χ1) is 24.8. The molecule has 18 heteroatoms. The number of halogens is 5. The normalized spacial score (nSPS) is 15.1. The fraction of sp³-hybridized carbons (Fsp3) is 0.314. The van der Waals surface area contributed by atoms with E-state index in [1.54, 1.807) is 50.5 Å². The van der Waals surface area contributed by atoms with E-state index in [0.29, 0.717) is 24.1 Å². The van der Waals surface area contributed by atoms with E-state index in [2.05, 4.69) is 10.3 Å². The summed E-state index contributed by atoms with van der Waals surface area (Å²) in [5.41, 5.74) is 0.943. The van der Waals surface area contributed by atoms with E-state index in [1.807, 2.05) is 0 Å². The van der Waals surface area contributed by atoms with Crippen molar-refractivity contribution in [2.75, 3.05) is 24.0 Å². The highest BCUT2D eigenvalue weighted by Gasteiger charge is 2.41. The molecular formula is C35H36F5N5O7S. The van der Waals surface area contributed by atoms with Crippen LogP contribution >= 0.6 is 0 Å². The number of nitrogens with zero attached hydrogens (tertiary/aromatic N) is 3. The summed E-state index contributed by atoms with van der Waals surface area (Å²) in [6, 6.07) is 11.1. The smallest absolute Gasteiger partial charge is 0.475 e. The van der Waals surface area contributed by atoms with E-state index in [4.69, 9.17) is 20.5 Å². The number of carboxylic acids is 1. The number of aryl methyl sites for hydroxylation is 1. The van der Waals surface area contributed by atoms with Crippen LogP contribution in [-0.4, -0.2) is 66.5 Å². The predicted molar refractivity (Wildman–Crippen MR) is 184 cm³/mol. The van der Waals surface area contributed by atoms with Crippen LogP contribution in [0.3, 0.4) is 0 Å². The standard InChI is InChI=1S/C33H35F2N5O5S.C2HF3O2/c1-19(2)46(43,44)30-10-8-23(38-33(42)45-4)16-26(30)29-6-5-13-39(29)32(41)31(25-14-20(3)27(34)17-28(25)35)40(36)24-9-7-22-18-37-12-11-21(22)15-24;3-2(4,5)1(6)7/h7-12,14-19,29,31H,5-6,13,36H2,1-4H3,(H,38,42);(H,6,7)/t29-,31+;/m1./s1. The second-order valence-corrected chi connectivity index (χ2v) is 14.8. The van der Waals surface area contributed by atoms with Crippen LogP contribution < -0.4 is 16.2 Å². The number of sulfone groups is 1. The van der Waals surface area contributed by atoms with Crippen molar-refractivity contribution in [3.63, 3.8) is 0 Å². The summed E-state index contributed by atoms with van der Waals surface area (Å²) in [6.45, 7) is 4.79. The number of hydrogen-bond donors (Lipinski definition) is 3. The van der Waals surface area contributed by atoms with Crippen molar-refractivity contribution < 1.29 is 54.6 Å². The number of carboxylic acid groups (broad SMARTS) is 1. The molecule has 0 bridgehead atoms. The number of amides is 2. The number of hydrazine groups is 1. The summed E-state index contributed by atoms with van der Waals surface area (Å²) in [6.07, 6.45) is -1.65. The molecule has 1 aliphatic heterocycles. The van der Waals surface area contributed by atoms with Crippen molar-refractivity contribution in [3.8, 4) is 0 Å². The second-order valence-electron chi connectivity index (χ2n) is 12.3. The lowest BCUT2D eigenvalue weighted by Crippen LogP contribution is -2.46. The van der Waals surface area contributed by atoms with Gasteiger partial charge in [0.05, 0.1) is 29.0 Å². The third kappa shape index (κ3) is 9.00. The summed E-state index contributed by atoms with van der Waals surface area (Å²) in [4.78, 5) is 41.1. The highest BCUT2D eigenvalue weighted by atomic mass is 32.2. The molecule has 3 aromatic carbocycles. The van der Waals surface area contributed by atoms with E-state index >= 15 is 4.39 Å². The van der Waals surface area contributed by atoms with Crippen molar-refractivity contribution in [1.82, 2.24) is 9.88 Å². The molecule has 1 aliphatic rings. The number of carbonyl (C=O) groups excluding carboxylic acids is 2. The van der Waals surface area contributed by atoms with Gasteiger partial charge in [0.1, 0.15) is 11.6 Å². The molecule has 2 amide bonds. The molecular weight excluding hydrogens is 729 g/mol.